The fourth-order valence-electron chi connectivity index (χ4n) is 3.36. The van der Waals surface area contributed by atoms with Crippen molar-refractivity contribution in [1.29, 1.82) is 0 Å². The molecular formula is C24H25N3O2. The zero-order valence-corrected chi connectivity index (χ0v) is 16.5. The number of furan rings is 1. The van der Waals surface area contributed by atoms with Gasteiger partial charge in [-0.3, -0.25) is 4.79 Å². The Labute approximate surface area is 171 Å². The number of carbonyl (C=O) groups is 1. The van der Waals surface area contributed by atoms with E-state index >= 15 is 0 Å². The molecule has 0 radical (unpaired) electrons. The van der Waals surface area contributed by atoms with E-state index in [4.69, 9.17) is 4.42 Å². The van der Waals surface area contributed by atoms with Crippen LogP contribution in [0.4, 0.5) is 11.4 Å². The quantitative estimate of drug-likeness (QED) is 0.661. The van der Waals surface area contributed by atoms with E-state index < -0.39 is 0 Å². The molecule has 0 atom stereocenters. The van der Waals surface area contributed by atoms with Gasteiger partial charge in [0.25, 0.3) is 0 Å². The van der Waals surface area contributed by atoms with E-state index in [1.165, 1.54) is 11.8 Å². The Kier molecular flexibility index (Phi) is 5.77. The van der Waals surface area contributed by atoms with Gasteiger partial charge in [-0.2, -0.15) is 0 Å². The third-order valence-corrected chi connectivity index (χ3v) is 5.09. The molecule has 1 aliphatic heterocycles. The van der Waals surface area contributed by atoms with Gasteiger partial charge >= 0.3 is 0 Å². The molecule has 29 heavy (non-hydrogen) atoms. The van der Waals surface area contributed by atoms with Crippen LogP contribution in [0, 0.1) is 0 Å². The van der Waals surface area contributed by atoms with Crippen LogP contribution in [0.3, 0.4) is 0 Å². The topological polar surface area (TPSA) is 48.7 Å². The number of benzene rings is 2. The minimum Gasteiger partial charge on any atom is -0.457 e. The van der Waals surface area contributed by atoms with E-state index in [0.717, 1.165) is 43.2 Å². The first-order valence-electron chi connectivity index (χ1n) is 9.85. The van der Waals surface area contributed by atoms with Gasteiger partial charge in [0.1, 0.15) is 11.5 Å². The molecule has 1 fully saturated rings. The molecule has 2 aromatic carbocycles. The van der Waals surface area contributed by atoms with Crippen molar-refractivity contribution in [2.75, 3.05) is 43.4 Å². The van der Waals surface area contributed by atoms with E-state index in [1.54, 1.807) is 6.08 Å². The third kappa shape index (κ3) is 4.95. The molecule has 1 amide bonds. The third-order valence-electron chi connectivity index (χ3n) is 5.09. The molecule has 1 N–H and O–H groups in total. The molecule has 1 aromatic heterocycles. The first-order chi connectivity index (χ1) is 14.2. The minimum absolute atomic E-state index is 0.185. The van der Waals surface area contributed by atoms with Crippen LogP contribution in [-0.2, 0) is 4.79 Å². The monoisotopic (exact) mass is 387 g/mol. The largest absolute Gasteiger partial charge is 0.457 e. The van der Waals surface area contributed by atoms with Crippen molar-refractivity contribution >= 4 is 23.4 Å². The molecule has 2 heterocycles. The fourth-order valence-corrected chi connectivity index (χ4v) is 3.36. The van der Waals surface area contributed by atoms with Gasteiger partial charge in [-0.15, -0.1) is 0 Å². The lowest BCUT2D eigenvalue weighted by molar-refractivity contribution is -0.111. The molecule has 5 heteroatoms. The number of nitrogens with zero attached hydrogens (tertiary/aromatic N) is 2. The second kappa shape index (κ2) is 8.80. The lowest BCUT2D eigenvalue weighted by Crippen LogP contribution is -2.44. The lowest BCUT2D eigenvalue weighted by Gasteiger charge is -2.34. The van der Waals surface area contributed by atoms with Crippen molar-refractivity contribution in [3.8, 4) is 11.3 Å². The smallest absolute Gasteiger partial charge is 0.248 e. The highest BCUT2D eigenvalue weighted by molar-refractivity contribution is 6.01. The van der Waals surface area contributed by atoms with Crippen LogP contribution in [0.25, 0.3) is 17.4 Å². The Balaban J connectivity index is 1.33. The first-order valence-corrected chi connectivity index (χ1v) is 9.85. The van der Waals surface area contributed by atoms with E-state index in [1.807, 2.05) is 54.6 Å². The van der Waals surface area contributed by atoms with Crippen LogP contribution >= 0.6 is 0 Å². The predicted octanol–water partition coefficient (Wildman–Crippen LogP) is 4.35. The Morgan fingerprint density at radius 1 is 0.931 bits per heavy atom. The van der Waals surface area contributed by atoms with E-state index in [9.17, 15) is 4.79 Å². The number of anilines is 2. The van der Waals surface area contributed by atoms with Crippen molar-refractivity contribution in [1.82, 2.24) is 4.90 Å². The number of rotatable bonds is 5. The molecule has 3 aromatic rings. The van der Waals surface area contributed by atoms with Crippen molar-refractivity contribution in [3.05, 3.63) is 78.6 Å². The summed E-state index contributed by atoms with van der Waals surface area (Å²) in [6.45, 7) is 4.20. The number of amides is 1. The summed E-state index contributed by atoms with van der Waals surface area (Å²) in [6.07, 6.45) is 3.17. The normalized spacial score (nSPS) is 15.0. The maximum absolute atomic E-state index is 12.2. The molecule has 4 rings (SSSR count). The van der Waals surface area contributed by atoms with Gasteiger partial charge in [-0.05, 0) is 49.5 Å². The van der Waals surface area contributed by atoms with Crippen LogP contribution in [0.1, 0.15) is 5.76 Å². The summed E-state index contributed by atoms with van der Waals surface area (Å²) < 4.78 is 5.78. The van der Waals surface area contributed by atoms with Gasteiger partial charge in [-0.25, -0.2) is 0 Å². The highest BCUT2D eigenvalue weighted by Gasteiger charge is 2.14. The van der Waals surface area contributed by atoms with Crippen molar-refractivity contribution in [2.45, 2.75) is 0 Å². The van der Waals surface area contributed by atoms with Crippen molar-refractivity contribution in [2.24, 2.45) is 0 Å². The summed E-state index contributed by atoms with van der Waals surface area (Å²) in [6, 6.07) is 21.7. The molecule has 1 aliphatic rings. The number of hydrogen-bond acceptors (Lipinski definition) is 4. The SMILES string of the molecule is CN1CCN(c2ccc(NC(=O)/C=C/c3ccc(-c4ccccc4)o3)cc2)CC1. The minimum atomic E-state index is -0.185. The zero-order valence-electron chi connectivity index (χ0n) is 16.5. The maximum atomic E-state index is 12.2. The molecule has 148 valence electrons. The van der Waals surface area contributed by atoms with Gasteiger partial charge < -0.3 is 19.5 Å². The number of nitrogens with one attached hydrogen (secondary N) is 1. The molecule has 0 unspecified atom stereocenters. The summed E-state index contributed by atoms with van der Waals surface area (Å²) in [5.41, 5.74) is 2.98. The summed E-state index contributed by atoms with van der Waals surface area (Å²) in [5, 5.41) is 2.89. The Bertz CT molecular complexity index is 969. The summed E-state index contributed by atoms with van der Waals surface area (Å²) >= 11 is 0. The molecule has 0 bridgehead atoms. The fraction of sp³-hybridized carbons (Fsp3) is 0.208. The standard InChI is InChI=1S/C24H25N3O2/c1-26-15-17-27(18-16-26)21-9-7-20(8-10-21)25-24(28)14-12-22-11-13-23(29-22)19-5-3-2-4-6-19/h2-14H,15-18H2,1H3,(H,25,28)/b14-12+. The highest BCUT2D eigenvalue weighted by atomic mass is 16.3. The van der Waals surface area contributed by atoms with E-state index in [-0.39, 0.29) is 5.91 Å². The Morgan fingerprint density at radius 3 is 2.38 bits per heavy atom. The van der Waals surface area contributed by atoms with Crippen LogP contribution in [0.15, 0.2) is 77.2 Å². The average Bonchev–Trinajstić information content (AvgIpc) is 3.23. The van der Waals surface area contributed by atoms with Gasteiger partial charge in [0, 0.05) is 49.2 Å². The second-order valence-electron chi connectivity index (χ2n) is 7.23. The summed E-state index contributed by atoms with van der Waals surface area (Å²) in [7, 11) is 2.15. The summed E-state index contributed by atoms with van der Waals surface area (Å²) in [4.78, 5) is 16.9. The predicted molar refractivity (Wildman–Crippen MR) is 118 cm³/mol. The number of piperazine rings is 1. The molecule has 0 spiro atoms. The number of likely N-dealkylation sites (N-methyl/N-ethyl adjacent to an activating group) is 1. The lowest BCUT2D eigenvalue weighted by atomic mass is 10.2. The van der Waals surface area contributed by atoms with Crippen molar-refractivity contribution in [3.63, 3.8) is 0 Å². The van der Waals surface area contributed by atoms with E-state index in [0.29, 0.717) is 5.76 Å². The van der Waals surface area contributed by atoms with Gasteiger partial charge in [0.2, 0.25) is 5.91 Å². The van der Waals surface area contributed by atoms with Crippen LogP contribution in [0.5, 0.6) is 0 Å². The van der Waals surface area contributed by atoms with Crippen LogP contribution < -0.4 is 10.2 Å². The zero-order chi connectivity index (χ0) is 20.1. The molecule has 0 saturated carbocycles. The molecular weight excluding hydrogens is 362 g/mol. The molecule has 1 saturated heterocycles. The molecule has 0 aliphatic carbocycles. The highest BCUT2D eigenvalue weighted by Crippen LogP contribution is 2.22. The second-order valence-corrected chi connectivity index (χ2v) is 7.23. The number of carbonyl (C=O) groups excluding carboxylic acids is 1. The van der Waals surface area contributed by atoms with Gasteiger partial charge in [0.05, 0.1) is 0 Å². The Morgan fingerprint density at radius 2 is 1.66 bits per heavy atom. The first kappa shape index (κ1) is 19.0. The van der Waals surface area contributed by atoms with Crippen LogP contribution in [-0.4, -0.2) is 44.0 Å². The van der Waals surface area contributed by atoms with Crippen LogP contribution in [0.2, 0.25) is 0 Å². The van der Waals surface area contributed by atoms with E-state index in [2.05, 4.69) is 34.3 Å². The van der Waals surface area contributed by atoms with Crippen molar-refractivity contribution < 1.29 is 9.21 Å². The number of hydrogen-bond donors (Lipinski definition) is 1. The summed E-state index contributed by atoms with van der Waals surface area (Å²) in [5.74, 6) is 1.24. The van der Waals surface area contributed by atoms with Gasteiger partial charge in [-0.1, -0.05) is 30.3 Å². The molecule has 5 nitrogen and oxygen atoms in total. The average molecular weight is 387 g/mol. The Hall–Kier alpha value is -3.31. The maximum Gasteiger partial charge on any atom is 0.248 e. The van der Waals surface area contributed by atoms with Gasteiger partial charge in [0.15, 0.2) is 0 Å².